The Balaban J connectivity index is 1.92. The molecule has 0 aromatic heterocycles. The minimum Gasteiger partial charge on any atom is -0.352 e. The number of carbonyl (C=O) groups excluding carboxylic acids is 2. The molecule has 5 heteroatoms. The summed E-state index contributed by atoms with van der Waals surface area (Å²) in [4.78, 5) is 24.3. The van der Waals surface area contributed by atoms with Gasteiger partial charge in [0.05, 0.1) is 0 Å². The molecule has 2 rings (SSSR count). The topological polar surface area (TPSA) is 58.2 Å². The van der Waals surface area contributed by atoms with Crippen molar-refractivity contribution < 1.29 is 14.0 Å². The molecule has 132 valence electrons. The van der Waals surface area contributed by atoms with E-state index in [1.165, 1.54) is 12.1 Å². The first-order chi connectivity index (χ1) is 11.8. The molecule has 0 aliphatic rings. The SMILES string of the molecule is CC(C)(C)C(=O)Nc1cccc(C(=O)NCCc2ccc(F)cc2)c1. The van der Waals surface area contributed by atoms with E-state index in [-0.39, 0.29) is 17.6 Å². The first-order valence-corrected chi connectivity index (χ1v) is 8.20. The Morgan fingerprint density at radius 2 is 1.72 bits per heavy atom. The van der Waals surface area contributed by atoms with Crippen molar-refractivity contribution in [3.8, 4) is 0 Å². The first kappa shape index (κ1) is 18.6. The van der Waals surface area contributed by atoms with Crippen LogP contribution in [0.3, 0.4) is 0 Å². The number of anilines is 1. The van der Waals surface area contributed by atoms with Crippen molar-refractivity contribution in [2.24, 2.45) is 5.41 Å². The van der Waals surface area contributed by atoms with Crippen LogP contribution in [0.4, 0.5) is 10.1 Å². The maximum Gasteiger partial charge on any atom is 0.251 e. The van der Waals surface area contributed by atoms with Crippen LogP contribution in [-0.4, -0.2) is 18.4 Å². The average Bonchev–Trinajstić information content (AvgIpc) is 2.56. The van der Waals surface area contributed by atoms with Gasteiger partial charge in [0.2, 0.25) is 5.91 Å². The fourth-order valence-electron chi connectivity index (χ4n) is 2.13. The van der Waals surface area contributed by atoms with Crippen molar-refractivity contribution in [1.82, 2.24) is 5.32 Å². The van der Waals surface area contributed by atoms with Crippen LogP contribution in [0.1, 0.15) is 36.7 Å². The minimum atomic E-state index is -0.507. The number of amides is 2. The van der Waals surface area contributed by atoms with Gasteiger partial charge < -0.3 is 10.6 Å². The monoisotopic (exact) mass is 342 g/mol. The number of benzene rings is 2. The second-order valence-electron chi connectivity index (χ2n) is 6.92. The summed E-state index contributed by atoms with van der Waals surface area (Å²) in [6.45, 7) is 5.93. The van der Waals surface area contributed by atoms with Gasteiger partial charge in [-0.15, -0.1) is 0 Å². The van der Waals surface area contributed by atoms with Crippen molar-refractivity contribution in [1.29, 1.82) is 0 Å². The van der Waals surface area contributed by atoms with Crippen LogP contribution in [-0.2, 0) is 11.2 Å². The predicted molar refractivity (Wildman–Crippen MR) is 97.0 cm³/mol. The molecule has 0 spiro atoms. The molecule has 0 saturated heterocycles. The second-order valence-corrected chi connectivity index (χ2v) is 6.92. The third-order valence-electron chi connectivity index (χ3n) is 3.68. The van der Waals surface area contributed by atoms with Crippen LogP contribution in [0, 0.1) is 11.2 Å². The van der Waals surface area contributed by atoms with Crippen LogP contribution >= 0.6 is 0 Å². The summed E-state index contributed by atoms with van der Waals surface area (Å²) in [6, 6.07) is 13.0. The van der Waals surface area contributed by atoms with E-state index in [2.05, 4.69) is 10.6 Å². The van der Waals surface area contributed by atoms with Gasteiger partial charge in [-0.25, -0.2) is 4.39 Å². The molecule has 2 amide bonds. The molecule has 2 aromatic carbocycles. The van der Waals surface area contributed by atoms with Crippen LogP contribution in [0.2, 0.25) is 0 Å². The molecule has 4 nitrogen and oxygen atoms in total. The summed E-state index contributed by atoms with van der Waals surface area (Å²) in [6.07, 6.45) is 0.618. The molecule has 0 fully saturated rings. The number of hydrogen-bond acceptors (Lipinski definition) is 2. The maximum absolute atomic E-state index is 12.9. The Bertz CT molecular complexity index is 749. The molecule has 0 aliphatic carbocycles. The zero-order valence-corrected chi connectivity index (χ0v) is 14.7. The van der Waals surface area contributed by atoms with Gasteiger partial charge in [0.1, 0.15) is 5.82 Å². The molecule has 0 saturated carbocycles. The molecule has 0 aliphatic heterocycles. The lowest BCUT2D eigenvalue weighted by Gasteiger charge is -2.18. The van der Waals surface area contributed by atoms with Gasteiger partial charge in [0, 0.05) is 23.2 Å². The van der Waals surface area contributed by atoms with Gasteiger partial charge in [0.15, 0.2) is 0 Å². The van der Waals surface area contributed by atoms with E-state index >= 15 is 0 Å². The van der Waals surface area contributed by atoms with Gasteiger partial charge in [-0.05, 0) is 42.3 Å². The summed E-state index contributed by atoms with van der Waals surface area (Å²) in [5, 5.41) is 5.64. The van der Waals surface area contributed by atoms with E-state index in [0.29, 0.717) is 24.2 Å². The molecule has 25 heavy (non-hydrogen) atoms. The van der Waals surface area contributed by atoms with E-state index in [0.717, 1.165) is 5.56 Å². The zero-order valence-electron chi connectivity index (χ0n) is 14.7. The molecule has 2 N–H and O–H groups in total. The number of carbonyl (C=O) groups is 2. The smallest absolute Gasteiger partial charge is 0.251 e. The highest BCUT2D eigenvalue weighted by molar-refractivity contribution is 5.98. The quantitative estimate of drug-likeness (QED) is 0.869. The van der Waals surface area contributed by atoms with Crippen molar-refractivity contribution in [3.05, 3.63) is 65.5 Å². The molecular weight excluding hydrogens is 319 g/mol. The fraction of sp³-hybridized carbons (Fsp3) is 0.300. The van der Waals surface area contributed by atoms with Crippen molar-refractivity contribution in [2.45, 2.75) is 27.2 Å². The molecule has 2 aromatic rings. The average molecular weight is 342 g/mol. The van der Waals surface area contributed by atoms with Gasteiger partial charge in [-0.2, -0.15) is 0 Å². The second kappa shape index (κ2) is 7.92. The Morgan fingerprint density at radius 3 is 2.36 bits per heavy atom. The van der Waals surface area contributed by atoms with Crippen LogP contribution in [0.25, 0.3) is 0 Å². The zero-order chi connectivity index (χ0) is 18.4. The predicted octanol–water partition coefficient (Wildman–Crippen LogP) is 3.78. The summed E-state index contributed by atoms with van der Waals surface area (Å²) in [7, 11) is 0. The number of hydrogen-bond donors (Lipinski definition) is 2. The lowest BCUT2D eigenvalue weighted by molar-refractivity contribution is -0.123. The molecule has 0 heterocycles. The molecule has 0 atom stereocenters. The lowest BCUT2D eigenvalue weighted by Crippen LogP contribution is -2.28. The Morgan fingerprint density at radius 1 is 1.04 bits per heavy atom. The number of halogens is 1. The van der Waals surface area contributed by atoms with E-state index in [4.69, 9.17) is 0 Å². The van der Waals surface area contributed by atoms with Crippen LogP contribution < -0.4 is 10.6 Å². The van der Waals surface area contributed by atoms with Crippen molar-refractivity contribution >= 4 is 17.5 Å². The normalized spacial score (nSPS) is 11.0. The third kappa shape index (κ3) is 5.71. The molecule has 0 unspecified atom stereocenters. The lowest BCUT2D eigenvalue weighted by atomic mass is 9.95. The van der Waals surface area contributed by atoms with Crippen molar-refractivity contribution in [2.75, 3.05) is 11.9 Å². The standard InChI is InChI=1S/C20H23FN2O2/c1-20(2,3)19(25)23-17-6-4-5-15(13-17)18(24)22-12-11-14-7-9-16(21)10-8-14/h4-10,13H,11-12H2,1-3H3,(H,22,24)(H,23,25). The fourth-order valence-corrected chi connectivity index (χ4v) is 2.13. The van der Waals surface area contributed by atoms with Gasteiger partial charge in [-0.3, -0.25) is 9.59 Å². The number of nitrogens with one attached hydrogen (secondary N) is 2. The largest absolute Gasteiger partial charge is 0.352 e. The third-order valence-corrected chi connectivity index (χ3v) is 3.68. The van der Waals surface area contributed by atoms with E-state index < -0.39 is 5.41 Å². The van der Waals surface area contributed by atoms with Crippen LogP contribution in [0.15, 0.2) is 48.5 Å². The molecule has 0 radical (unpaired) electrons. The number of rotatable bonds is 5. The van der Waals surface area contributed by atoms with Crippen molar-refractivity contribution in [3.63, 3.8) is 0 Å². The Kier molecular flexibility index (Phi) is 5.91. The van der Waals surface area contributed by atoms with Gasteiger partial charge in [-0.1, -0.05) is 39.0 Å². The van der Waals surface area contributed by atoms with E-state index in [9.17, 15) is 14.0 Å². The van der Waals surface area contributed by atoms with Gasteiger partial charge >= 0.3 is 0 Å². The summed E-state index contributed by atoms with van der Waals surface area (Å²) >= 11 is 0. The highest BCUT2D eigenvalue weighted by Crippen LogP contribution is 2.18. The Labute approximate surface area is 147 Å². The highest BCUT2D eigenvalue weighted by atomic mass is 19.1. The van der Waals surface area contributed by atoms with E-state index in [1.54, 1.807) is 36.4 Å². The van der Waals surface area contributed by atoms with Gasteiger partial charge in [0.25, 0.3) is 5.91 Å². The summed E-state index contributed by atoms with van der Waals surface area (Å²) < 4.78 is 12.9. The maximum atomic E-state index is 12.9. The summed E-state index contributed by atoms with van der Waals surface area (Å²) in [5.41, 5.74) is 1.51. The van der Waals surface area contributed by atoms with E-state index in [1.807, 2.05) is 20.8 Å². The summed E-state index contributed by atoms with van der Waals surface area (Å²) in [5.74, 6) is -0.600. The Hall–Kier alpha value is -2.69. The molecule has 0 bridgehead atoms. The minimum absolute atomic E-state index is 0.110. The first-order valence-electron chi connectivity index (χ1n) is 8.20. The molecular formula is C20H23FN2O2. The highest BCUT2D eigenvalue weighted by Gasteiger charge is 2.21. The van der Waals surface area contributed by atoms with Crippen LogP contribution in [0.5, 0.6) is 0 Å².